The number of alkyl halides is 2. The zero-order chi connectivity index (χ0) is 21.3. The molecule has 0 saturated carbocycles. The largest absolute Gasteiger partial charge is 0.490 e. The van der Waals surface area contributed by atoms with Crippen LogP contribution in [-0.4, -0.2) is 32.2 Å². The van der Waals surface area contributed by atoms with Crippen LogP contribution >= 0.6 is 0 Å². The minimum Gasteiger partial charge on any atom is -0.490 e. The SMILES string of the molecule is CCOc1cc(/C=C/C(=O)NCc2ccccc2N2CCCC2)ccc1OC(F)F. The van der Waals surface area contributed by atoms with E-state index in [4.69, 9.17) is 4.74 Å². The molecule has 0 aromatic heterocycles. The first-order valence-electron chi connectivity index (χ1n) is 10.1. The fourth-order valence-electron chi connectivity index (χ4n) is 3.43. The van der Waals surface area contributed by atoms with Crippen molar-refractivity contribution in [2.45, 2.75) is 32.9 Å². The van der Waals surface area contributed by atoms with Crippen molar-refractivity contribution in [1.29, 1.82) is 0 Å². The second-order valence-electron chi connectivity index (χ2n) is 6.89. The molecule has 0 aliphatic carbocycles. The molecule has 5 nitrogen and oxygen atoms in total. The number of para-hydroxylation sites is 1. The topological polar surface area (TPSA) is 50.8 Å². The van der Waals surface area contributed by atoms with E-state index in [0.717, 1.165) is 24.3 Å². The van der Waals surface area contributed by atoms with Gasteiger partial charge in [0.05, 0.1) is 6.61 Å². The van der Waals surface area contributed by atoms with E-state index in [2.05, 4.69) is 21.0 Å². The summed E-state index contributed by atoms with van der Waals surface area (Å²) in [7, 11) is 0. The number of nitrogens with one attached hydrogen (secondary N) is 1. The molecule has 1 N–H and O–H groups in total. The number of rotatable bonds is 9. The highest BCUT2D eigenvalue weighted by molar-refractivity contribution is 5.91. The van der Waals surface area contributed by atoms with Gasteiger partial charge in [0.1, 0.15) is 0 Å². The van der Waals surface area contributed by atoms with Crippen molar-refractivity contribution >= 4 is 17.7 Å². The van der Waals surface area contributed by atoms with Gasteiger partial charge in [0.2, 0.25) is 5.91 Å². The van der Waals surface area contributed by atoms with Crippen molar-refractivity contribution in [3.63, 3.8) is 0 Å². The summed E-state index contributed by atoms with van der Waals surface area (Å²) in [5, 5.41) is 2.90. The lowest BCUT2D eigenvalue weighted by Gasteiger charge is -2.21. The zero-order valence-corrected chi connectivity index (χ0v) is 16.9. The van der Waals surface area contributed by atoms with Gasteiger partial charge in [-0.05, 0) is 55.2 Å². The molecule has 0 radical (unpaired) electrons. The zero-order valence-electron chi connectivity index (χ0n) is 16.9. The van der Waals surface area contributed by atoms with Gasteiger partial charge in [-0.25, -0.2) is 0 Å². The average Bonchev–Trinajstić information content (AvgIpc) is 3.27. The maximum absolute atomic E-state index is 12.5. The Labute approximate surface area is 175 Å². The van der Waals surface area contributed by atoms with Gasteiger partial charge in [-0.2, -0.15) is 8.78 Å². The van der Waals surface area contributed by atoms with Gasteiger partial charge < -0.3 is 19.7 Å². The quantitative estimate of drug-likeness (QED) is 0.607. The molecule has 1 aliphatic rings. The Hall–Kier alpha value is -3.09. The van der Waals surface area contributed by atoms with Gasteiger partial charge in [-0.15, -0.1) is 0 Å². The first kappa shape index (κ1) is 21.6. The standard InChI is InChI=1S/C23H26F2N2O3/c1-2-29-21-15-17(9-11-20(21)30-23(24)25)10-12-22(28)26-16-18-7-3-4-8-19(18)27-13-5-6-14-27/h3-4,7-12,15,23H,2,5-6,13-14,16H2,1H3,(H,26,28)/b12-10+. The van der Waals surface area contributed by atoms with Gasteiger partial charge in [0.15, 0.2) is 11.5 Å². The lowest BCUT2D eigenvalue weighted by Crippen LogP contribution is -2.24. The molecular weight excluding hydrogens is 390 g/mol. The van der Waals surface area contributed by atoms with Crippen LogP contribution in [0.15, 0.2) is 48.5 Å². The highest BCUT2D eigenvalue weighted by Gasteiger charge is 2.15. The van der Waals surface area contributed by atoms with Gasteiger partial charge in [0, 0.05) is 31.4 Å². The summed E-state index contributed by atoms with van der Waals surface area (Å²) >= 11 is 0. The van der Waals surface area contributed by atoms with E-state index in [1.54, 1.807) is 25.1 Å². The third kappa shape index (κ3) is 5.95. The number of ether oxygens (including phenoxy) is 2. The third-order valence-corrected chi connectivity index (χ3v) is 4.80. The number of hydrogen-bond donors (Lipinski definition) is 1. The molecular formula is C23H26F2N2O3. The van der Waals surface area contributed by atoms with Crippen LogP contribution < -0.4 is 19.7 Å². The highest BCUT2D eigenvalue weighted by atomic mass is 19.3. The first-order chi connectivity index (χ1) is 14.6. The second-order valence-corrected chi connectivity index (χ2v) is 6.89. The molecule has 3 rings (SSSR count). The van der Waals surface area contributed by atoms with Crippen molar-refractivity contribution in [3.8, 4) is 11.5 Å². The molecule has 1 fully saturated rings. The van der Waals surface area contributed by atoms with Crippen LogP contribution in [0.5, 0.6) is 11.5 Å². The van der Waals surface area contributed by atoms with E-state index < -0.39 is 6.61 Å². The number of carbonyl (C=O) groups excluding carboxylic acids is 1. The maximum Gasteiger partial charge on any atom is 0.387 e. The summed E-state index contributed by atoms with van der Waals surface area (Å²) in [6, 6.07) is 12.6. The molecule has 0 unspecified atom stereocenters. The van der Waals surface area contributed by atoms with E-state index in [9.17, 15) is 13.6 Å². The Kier molecular flexibility index (Phi) is 7.65. The van der Waals surface area contributed by atoms with Crippen LogP contribution in [0.4, 0.5) is 14.5 Å². The van der Waals surface area contributed by atoms with Gasteiger partial charge >= 0.3 is 6.61 Å². The Bertz CT molecular complexity index is 881. The summed E-state index contributed by atoms with van der Waals surface area (Å²) in [5.74, 6) is -0.0658. The summed E-state index contributed by atoms with van der Waals surface area (Å²) in [5.41, 5.74) is 2.89. The van der Waals surface area contributed by atoms with Gasteiger partial charge in [-0.1, -0.05) is 24.3 Å². The third-order valence-electron chi connectivity index (χ3n) is 4.80. The van der Waals surface area contributed by atoms with Crippen LogP contribution in [0.25, 0.3) is 6.08 Å². The second kappa shape index (κ2) is 10.6. The molecule has 2 aromatic rings. The van der Waals surface area contributed by atoms with Gasteiger partial charge in [0.25, 0.3) is 0 Å². The van der Waals surface area contributed by atoms with E-state index in [1.807, 2.05) is 18.2 Å². The fourth-order valence-corrected chi connectivity index (χ4v) is 3.43. The lowest BCUT2D eigenvalue weighted by atomic mass is 10.1. The first-order valence-corrected chi connectivity index (χ1v) is 10.1. The van der Waals surface area contributed by atoms with Crippen molar-refractivity contribution in [2.24, 2.45) is 0 Å². The Morgan fingerprint density at radius 2 is 1.93 bits per heavy atom. The van der Waals surface area contributed by atoms with Crippen molar-refractivity contribution in [2.75, 3.05) is 24.6 Å². The van der Waals surface area contributed by atoms with E-state index in [0.29, 0.717) is 18.7 Å². The number of anilines is 1. The minimum absolute atomic E-state index is 0.0352. The van der Waals surface area contributed by atoms with Gasteiger partial charge in [-0.3, -0.25) is 4.79 Å². The molecule has 0 spiro atoms. The monoisotopic (exact) mass is 416 g/mol. The number of benzene rings is 2. The summed E-state index contributed by atoms with van der Waals surface area (Å²) < 4.78 is 34.8. The molecule has 160 valence electrons. The molecule has 1 aliphatic heterocycles. The number of hydrogen-bond acceptors (Lipinski definition) is 4. The van der Waals surface area contributed by atoms with Crippen LogP contribution in [-0.2, 0) is 11.3 Å². The fraction of sp³-hybridized carbons (Fsp3) is 0.348. The van der Waals surface area contributed by atoms with Crippen molar-refractivity contribution in [3.05, 3.63) is 59.7 Å². The smallest absolute Gasteiger partial charge is 0.387 e. The molecule has 1 amide bonds. The van der Waals surface area contributed by atoms with E-state index in [1.165, 1.54) is 25.0 Å². The molecule has 30 heavy (non-hydrogen) atoms. The molecule has 0 bridgehead atoms. The molecule has 0 atom stereocenters. The van der Waals surface area contributed by atoms with Crippen LogP contribution in [0.3, 0.4) is 0 Å². The molecule has 1 heterocycles. The minimum atomic E-state index is -2.93. The Morgan fingerprint density at radius 1 is 1.17 bits per heavy atom. The normalized spacial score (nSPS) is 13.8. The summed E-state index contributed by atoms with van der Waals surface area (Å²) in [6.45, 7) is 1.64. The summed E-state index contributed by atoms with van der Waals surface area (Å²) in [6.07, 6.45) is 5.40. The van der Waals surface area contributed by atoms with E-state index >= 15 is 0 Å². The molecule has 7 heteroatoms. The van der Waals surface area contributed by atoms with Crippen molar-refractivity contribution < 1.29 is 23.0 Å². The number of halogens is 2. The van der Waals surface area contributed by atoms with Crippen LogP contribution in [0.2, 0.25) is 0 Å². The predicted molar refractivity (Wildman–Crippen MR) is 113 cm³/mol. The maximum atomic E-state index is 12.5. The van der Waals surface area contributed by atoms with Crippen LogP contribution in [0.1, 0.15) is 30.9 Å². The molecule has 1 saturated heterocycles. The average molecular weight is 416 g/mol. The molecule has 2 aromatic carbocycles. The number of carbonyl (C=O) groups is 1. The van der Waals surface area contributed by atoms with E-state index in [-0.39, 0.29) is 17.4 Å². The lowest BCUT2D eigenvalue weighted by molar-refractivity contribution is -0.116. The van der Waals surface area contributed by atoms with Crippen molar-refractivity contribution in [1.82, 2.24) is 5.32 Å². The summed E-state index contributed by atoms with van der Waals surface area (Å²) in [4.78, 5) is 14.6. The number of amides is 1. The van der Waals surface area contributed by atoms with Crippen LogP contribution in [0, 0.1) is 0 Å². The Balaban J connectivity index is 1.62. The Morgan fingerprint density at radius 3 is 2.67 bits per heavy atom. The highest BCUT2D eigenvalue weighted by Crippen LogP contribution is 2.30. The number of nitrogens with zero attached hydrogens (tertiary/aromatic N) is 1. The predicted octanol–water partition coefficient (Wildman–Crippen LogP) is 4.62.